The summed E-state index contributed by atoms with van der Waals surface area (Å²) in [6, 6.07) is 0.669. The molecule has 0 radical (unpaired) electrons. The van der Waals surface area contributed by atoms with E-state index in [1.807, 2.05) is 9.24 Å². The van der Waals surface area contributed by atoms with Crippen LogP contribution in [0.2, 0.25) is 0 Å². The molecule has 1 rings (SSSR count). The summed E-state index contributed by atoms with van der Waals surface area (Å²) in [6.07, 6.45) is 0. The fraction of sp³-hybridized carbons (Fsp3) is 0.300. The Labute approximate surface area is 93.0 Å². The van der Waals surface area contributed by atoms with Crippen LogP contribution in [0.1, 0.15) is 13.8 Å². The molecule has 1 unspecified atom stereocenters. The van der Waals surface area contributed by atoms with Gasteiger partial charge in [-0.05, 0) is 6.07 Å². The van der Waals surface area contributed by atoms with Crippen molar-refractivity contribution in [3.63, 3.8) is 0 Å². The van der Waals surface area contributed by atoms with Crippen LogP contribution < -0.4 is 10.0 Å². The second-order valence-corrected chi connectivity index (χ2v) is 4.10. The van der Waals surface area contributed by atoms with E-state index >= 15 is 0 Å². The fourth-order valence-corrected chi connectivity index (χ4v) is 1.18. The maximum atomic E-state index is 13.4. The van der Waals surface area contributed by atoms with E-state index in [9.17, 15) is 18.0 Å². The minimum Gasteiger partial charge on any atom is -0.420 e. The summed E-state index contributed by atoms with van der Waals surface area (Å²) in [5.41, 5.74) is 0. The molecule has 0 heterocycles. The van der Waals surface area contributed by atoms with Crippen molar-refractivity contribution in [1.82, 2.24) is 0 Å². The van der Waals surface area contributed by atoms with Crippen molar-refractivity contribution in [1.29, 1.82) is 0 Å². The van der Waals surface area contributed by atoms with Crippen LogP contribution >= 0.6 is 9.24 Å². The van der Waals surface area contributed by atoms with E-state index in [-0.39, 0.29) is 5.30 Å². The lowest BCUT2D eigenvalue weighted by atomic mass is 10.2. The Morgan fingerprint density at radius 3 is 2.38 bits per heavy atom. The first-order valence-electron chi connectivity index (χ1n) is 4.49. The molecule has 0 saturated heterocycles. The van der Waals surface area contributed by atoms with E-state index in [0.29, 0.717) is 6.07 Å². The summed E-state index contributed by atoms with van der Waals surface area (Å²) in [5.74, 6) is -6.25. The molecule has 1 atom stereocenters. The zero-order valence-electron chi connectivity index (χ0n) is 8.68. The van der Waals surface area contributed by atoms with Crippen molar-refractivity contribution in [2.75, 3.05) is 0 Å². The van der Waals surface area contributed by atoms with Crippen molar-refractivity contribution in [3.05, 3.63) is 23.5 Å². The van der Waals surface area contributed by atoms with Crippen LogP contribution in [0, 0.1) is 23.4 Å². The SMILES string of the molecule is CC(C)C(=O)Oc1c(F)c(F)cc(P)c1F. The summed E-state index contributed by atoms with van der Waals surface area (Å²) >= 11 is 0. The van der Waals surface area contributed by atoms with Crippen molar-refractivity contribution < 1.29 is 22.7 Å². The molecule has 0 saturated carbocycles. The minimum absolute atomic E-state index is 0.203. The van der Waals surface area contributed by atoms with Gasteiger partial charge in [0.1, 0.15) is 0 Å². The van der Waals surface area contributed by atoms with E-state index in [0.717, 1.165) is 0 Å². The molecule has 0 aromatic heterocycles. The Morgan fingerprint density at radius 1 is 1.31 bits per heavy atom. The number of esters is 1. The number of hydrogen-bond acceptors (Lipinski definition) is 2. The zero-order valence-corrected chi connectivity index (χ0v) is 9.84. The zero-order chi connectivity index (χ0) is 12.5. The quantitative estimate of drug-likeness (QED) is 0.348. The van der Waals surface area contributed by atoms with Gasteiger partial charge in [-0.25, -0.2) is 8.78 Å². The summed E-state index contributed by atoms with van der Waals surface area (Å²) < 4.78 is 43.9. The van der Waals surface area contributed by atoms with Gasteiger partial charge in [-0.1, -0.05) is 13.8 Å². The molecule has 0 aliphatic heterocycles. The average molecular weight is 250 g/mol. The molecule has 88 valence electrons. The molecule has 0 fully saturated rings. The van der Waals surface area contributed by atoms with Crippen LogP contribution in [0.15, 0.2) is 6.07 Å². The van der Waals surface area contributed by atoms with E-state index < -0.39 is 35.1 Å². The Kier molecular flexibility index (Phi) is 3.92. The Hall–Kier alpha value is -1.09. The molecule has 16 heavy (non-hydrogen) atoms. The van der Waals surface area contributed by atoms with Crippen molar-refractivity contribution in [2.24, 2.45) is 5.92 Å². The smallest absolute Gasteiger partial charge is 0.313 e. The molecule has 0 aliphatic carbocycles. The third-order valence-corrected chi connectivity index (χ3v) is 2.24. The molecule has 0 aliphatic rings. The van der Waals surface area contributed by atoms with Crippen LogP contribution in [-0.4, -0.2) is 5.97 Å². The molecule has 0 bridgehead atoms. The van der Waals surface area contributed by atoms with Gasteiger partial charge in [0.05, 0.1) is 5.92 Å². The largest absolute Gasteiger partial charge is 0.420 e. The standard InChI is InChI=1S/C10H10F3O2P/c1-4(2)10(14)15-9-7(12)5(11)3-6(16)8(9)13/h3-4H,16H2,1-2H3. The van der Waals surface area contributed by atoms with E-state index in [2.05, 4.69) is 4.74 Å². The Bertz CT molecular complexity index is 406. The Morgan fingerprint density at radius 2 is 1.88 bits per heavy atom. The van der Waals surface area contributed by atoms with Crippen molar-refractivity contribution in [3.8, 4) is 5.75 Å². The van der Waals surface area contributed by atoms with Crippen LogP contribution in [0.4, 0.5) is 13.2 Å². The van der Waals surface area contributed by atoms with Gasteiger partial charge < -0.3 is 4.74 Å². The molecule has 0 amide bonds. The van der Waals surface area contributed by atoms with Gasteiger partial charge in [-0.3, -0.25) is 4.79 Å². The summed E-state index contributed by atoms with van der Waals surface area (Å²) in [7, 11) is 1.89. The molecular weight excluding hydrogens is 240 g/mol. The van der Waals surface area contributed by atoms with Gasteiger partial charge in [-0.2, -0.15) is 4.39 Å². The first-order valence-corrected chi connectivity index (χ1v) is 5.07. The van der Waals surface area contributed by atoms with Crippen LogP contribution in [0.5, 0.6) is 5.75 Å². The molecule has 6 heteroatoms. The van der Waals surface area contributed by atoms with Crippen LogP contribution in [0.3, 0.4) is 0 Å². The summed E-state index contributed by atoms with van der Waals surface area (Å²) in [6.45, 7) is 3.00. The first kappa shape index (κ1) is 13.0. The topological polar surface area (TPSA) is 26.3 Å². The number of ether oxygens (including phenoxy) is 1. The monoisotopic (exact) mass is 250 g/mol. The van der Waals surface area contributed by atoms with Gasteiger partial charge in [0.15, 0.2) is 11.6 Å². The number of rotatable bonds is 2. The lowest BCUT2D eigenvalue weighted by molar-refractivity contribution is -0.138. The molecular formula is C10H10F3O2P. The second kappa shape index (κ2) is 4.83. The summed E-state index contributed by atoms with van der Waals surface area (Å²) in [5, 5.41) is -0.203. The number of halogens is 3. The highest BCUT2D eigenvalue weighted by molar-refractivity contribution is 7.27. The number of benzene rings is 1. The molecule has 0 spiro atoms. The summed E-state index contributed by atoms with van der Waals surface area (Å²) in [4.78, 5) is 11.2. The number of carbonyl (C=O) groups excluding carboxylic acids is 1. The molecule has 2 nitrogen and oxygen atoms in total. The minimum atomic E-state index is -1.50. The van der Waals surface area contributed by atoms with Gasteiger partial charge in [-0.15, -0.1) is 9.24 Å². The Balaban J connectivity index is 3.18. The number of hydrogen-bond donors (Lipinski definition) is 0. The maximum absolute atomic E-state index is 13.4. The highest BCUT2D eigenvalue weighted by Gasteiger charge is 2.22. The van der Waals surface area contributed by atoms with E-state index in [4.69, 9.17) is 0 Å². The van der Waals surface area contributed by atoms with E-state index in [1.54, 1.807) is 0 Å². The lowest BCUT2D eigenvalue weighted by Crippen LogP contribution is -2.18. The van der Waals surface area contributed by atoms with Crippen molar-refractivity contribution in [2.45, 2.75) is 13.8 Å². The average Bonchev–Trinajstić information content (AvgIpc) is 2.21. The first-order chi connectivity index (χ1) is 7.34. The lowest BCUT2D eigenvalue weighted by Gasteiger charge is -2.10. The predicted molar refractivity (Wildman–Crippen MR) is 56.1 cm³/mol. The third kappa shape index (κ3) is 2.53. The van der Waals surface area contributed by atoms with Gasteiger partial charge in [0.2, 0.25) is 11.6 Å². The van der Waals surface area contributed by atoms with Crippen molar-refractivity contribution >= 4 is 20.5 Å². The molecule has 0 N–H and O–H groups in total. The second-order valence-electron chi connectivity index (χ2n) is 3.48. The molecule has 1 aromatic rings. The highest BCUT2D eigenvalue weighted by atomic mass is 31.0. The van der Waals surface area contributed by atoms with Crippen LogP contribution in [0.25, 0.3) is 0 Å². The van der Waals surface area contributed by atoms with Crippen LogP contribution in [-0.2, 0) is 4.79 Å². The third-order valence-electron chi connectivity index (χ3n) is 1.82. The number of carbonyl (C=O) groups is 1. The molecule has 1 aromatic carbocycles. The maximum Gasteiger partial charge on any atom is 0.313 e. The van der Waals surface area contributed by atoms with E-state index in [1.165, 1.54) is 13.8 Å². The fourth-order valence-electron chi connectivity index (χ4n) is 0.907. The highest BCUT2D eigenvalue weighted by Crippen LogP contribution is 2.24. The normalized spacial score (nSPS) is 10.7. The van der Waals surface area contributed by atoms with Gasteiger partial charge >= 0.3 is 5.97 Å². The van der Waals surface area contributed by atoms with Gasteiger partial charge in [0.25, 0.3) is 0 Å². The predicted octanol–water partition coefficient (Wildman–Crippen LogP) is 2.17. The van der Waals surface area contributed by atoms with Gasteiger partial charge in [0, 0.05) is 5.30 Å².